The number of likely N-dealkylation sites (tertiary alicyclic amines) is 2. The van der Waals surface area contributed by atoms with Crippen molar-refractivity contribution in [2.24, 2.45) is 0 Å². The van der Waals surface area contributed by atoms with E-state index in [9.17, 15) is 29.4 Å². The lowest BCUT2D eigenvalue weighted by atomic mass is 10.1. The number of oxazole rings is 1. The average molecular weight is 742 g/mol. The molecule has 55 heavy (non-hydrogen) atoms. The SMILES string of the molecule is Cc1cccc(CC(=O)N2CC(O)CC2C(=O)Nc2ccc(-c3cnc(-c4ccc(NC(=O)C5CC(O)CN5C(=O)Cc5cccc(C)c5)cc4)o3)cc2)c1. The molecule has 2 saturated heterocycles. The molecule has 12 nitrogen and oxygen atoms in total. The number of hydrogen-bond acceptors (Lipinski definition) is 8. The zero-order valence-electron chi connectivity index (χ0n) is 30.6. The third-order valence-corrected chi connectivity index (χ3v) is 10.0. The van der Waals surface area contributed by atoms with E-state index in [0.29, 0.717) is 28.6 Å². The summed E-state index contributed by atoms with van der Waals surface area (Å²) in [6.45, 7) is 4.12. The van der Waals surface area contributed by atoms with Gasteiger partial charge in [0.05, 0.1) is 31.2 Å². The Hall–Kier alpha value is -6.11. The van der Waals surface area contributed by atoms with Gasteiger partial charge in [0, 0.05) is 48.4 Å². The molecule has 0 bridgehead atoms. The molecule has 4 unspecified atom stereocenters. The Morgan fingerprint density at radius 2 is 1.13 bits per heavy atom. The lowest BCUT2D eigenvalue weighted by Crippen LogP contribution is -2.43. The van der Waals surface area contributed by atoms with Crippen LogP contribution in [-0.4, -0.2) is 86.0 Å². The lowest BCUT2D eigenvalue weighted by Gasteiger charge is -2.24. The highest BCUT2D eigenvalue weighted by Crippen LogP contribution is 2.29. The number of aliphatic hydroxyl groups excluding tert-OH is 2. The number of benzene rings is 4. The zero-order chi connectivity index (χ0) is 38.6. The minimum Gasteiger partial charge on any atom is -0.436 e. The van der Waals surface area contributed by atoms with E-state index in [-0.39, 0.29) is 62.4 Å². The van der Waals surface area contributed by atoms with E-state index in [0.717, 1.165) is 27.8 Å². The molecule has 0 radical (unpaired) electrons. The van der Waals surface area contributed by atoms with Crippen LogP contribution in [0.15, 0.2) is 108 Å². The summed E-state index contributed by atoms with van der Waals surface area (Å²) in [4.78, 5) is 60.2. The number of nitrogens with one attached hydrogen (secondary N) is 2. The maximum atomic E-state index is 13.3. The predicted octanol–water partition coefficient (Wildman–Crippen LogP) is 4.91. The smallest absolute Gasteiger partial charge is 0.247 e. The van der Waals surface area contributed by atoms with Gasteiger partial charge in [-0.05, 0) is 73.5 Å². The van der Waals surface area contributed by atoms with Crippen LogP contribution in [0.2, 0.25) is 0 Å². The summed E-state index contributed by atoms with van der Waals surface area (Å²) in [7, 11) is 0. The first-order valence-electron chi connectivity index (χ1n) is 18.3. The van der Waals surface area contributed by atoms with Crippen molar-refractivity contribution >= 4 is 35.0 Å². The normalized spacial score (nSPS) is 19.3. The molecule has 0 saturated carbocycles. The van der Waals surface area contributed by atoms with Gasteiger partial charge in [0.2, 0.25) is 29.5 Å². The van der Waals surface area contributed by atoms with Gasteiger partial charge in [-0.25, -0.2) is 4.98 Å². The van der Waals surface area contributed by atoms with Crippen LogP contribution in [0.4, 0.5) is 11.4 Å². The first-order chi connectivity index (χ1) is 26.5. The fourth-order valence-corrected chi connectivity index (χ4v) is 7.28. The van der Waals surface area contributed by atoms with Crippen LogP contribution in [0.3, 0.4) is 0 Å². The van der Waals surface area contributed by atoms with Crippen LogP contribution < -0.4 is 10.6 Å². The number of aliphatic hydroxyl groups is 2. The Morgan fingerprint density at radius 1 is 0.673 bits per heavy atom. The maximum Gasteiger partial charge on any atom is 0.247 e. The fraction of sp³-hybridized carbons (Fsp3) is 0.279. The van der Waals surface area contributed by atoms with E-state index >= 15 is 0 Å². The zero-order valence-corrected chi connectivity index (χ0v) is 30.6. The minimum atomic E-state index is -0.787. The van der Waals surface area contributed by atoms with Gasteiger partial charge in [-0.2, -0.15) is 0 Å². The third kappa shape index (κ3) is 8.83. The van der Waals surface area contributed by atoms with Crippen LogP contribution >= 0.6 is 0 Å². The Bertz CT molecular complexity index is 2050. The summed E-state index contributed by atoms with van der Waals surface area (Å²) in [5, 5.41) is 26.4. The molecule has 2 aliphatic heterocycles. The summed E-state index contributed by atoms with van der Waals surface area (Å²) >= 11 is 0. The van der Waals surface area contributed by atoms with Crippen molar-refractivity contribution in [1.29, 1.82) is 0 Å². The van der Waals surface area contributed by atoms with Gasteiger partial charge in [-0.3, -0.25) is 19.2 Å². The number of β-amino-alcohol motifs (C(OH)–C–C–N with tert-alkyl or cyclic N) is 2. The number of amides is 4. The van der Waals surface area contributed by atoms with Crippen molar-refractivity contribution < 1.29 is 33.8 Å². The van der Waals surface area contributed by atoms with Crippen LogP contribution in [0.5, 0.6) is 0 Å². The van der Waals surface area contributed by atoms with Gasteiger partial charge in [0.15, 0.2) is 5.76 Å². The number of carbonyl (C=O) groups excluding carboxylic acids is 4. The third-order valence-electron chi connectivity index (χ3n) is 10.0. The Morgan fingerprint density at radius 3 is 1.58 bits per heavy atom. The van der Waals surface area contributed by atoms with Crippen molar-refractivity contribution in [1.82, 2.24) is 14.8 Å². The van der Waals surface area contributed by atoms with Gasteiger partial charge in [-0.1, -0.05) is 59.7 Å². The van der Waals surface area contributed by atoms with Gasteiger partial charge in [0.1, 0.15) is 12.1 Å². The number of hydrogen-bond donors (Lipinski definition) is 4. The number of rotatable bonds is 10. The first-order valence-corrected chi connectivity index (χ1v) is 18.3. The summed E-state index contributed by atoms with van der Waals surface area (Å²) in [5.41, 5.74) is 6.27. The van der Waals surface area contributed by atoms with Gasteiger partial charge in [0.25, 0.3) is 0 Å². The molecule has 4 atom stereocenters. The molecule has 4 N–H and O–H groups in total. The van der Waals surface area contributed by atoms with E-state index in [2.05, 4.69) is 15.6 Å². The van der Waals surface area contributed by atoms with Crippen molar-refractivity contribution in [2.75, 3.05) is 23.7 Å². The van der Waals surface area contributed by atoms with E-state index in [1.165, 1.54) is 9.80 Å². The Labute approximate surface area is 318 Å². The molecule has 5 aromatic rings. The van der Waals surface area contributed by atoms with Gasteiger partial charge < -0.3 is 35.1 Å². The van der Waals surface area contributed by atoms with E-state index < -0.39 is 24.3 Å². The lowest BCUT2D eigenvalue weighted by molar-refractivity contribution is -0.136. The van der Waals surface area contributed by atoms with Crippen molar-refractivity contribution in [3.63, 3.8) is 0 Å². The number of anilines is 2. The van der Waals surface area contributed by atoms with Crippen LogP contribution in [-0.2, 0) is 32.0 Å². The summed E-state index contributed by atoms with van der Waals surface area (Å²) in [5.74, 6) is -0.287. The molecule has 7 rings (SSSR count). The fourth-order valence-electron chi connectivity index (χ4n) is 7.28. The molecule has 2 aliphatic rings. The number of carbonyl (C=O) groups is 4. The highest BCUT2D eigenvalue weighted by molar-refractivity contribution is 5.99. The van der Waals surface area contributed by atoms with Crippen LogP contribution in [0.1, 0.15) is 35.1 Å². The topological polar surface area (TPSA) is 165 Å². The molecule has 2 fully saturated rings. The number of aryl methyl sites for hydroxylation is 2. The highest BCUT2D eigenvalue weighted by Gasteiger charge is 2.40. The molecule has 282 valence electrons. The molecule has 12 heteroatoms. The molecule has 0 spiro atoms. The van der Waals surface area contributed by atoms with E-state index in [4.69, 9.17) is 4.42 Å². The second kappa shape index (κ2) is 16.1. The molecule has 1 aromatic heterocycles. The summed E-state index contributed by atoms with van der Waals surface area (Å²) in [6.07, 6.45) is 0.668. The Balaban J connectivity index is 0.940. The Kier molecular flexibility index (Phi) is 10.9. The standard InChI is InChI=1S/C43H43N5O7/c1-26-5-3-7-28(17-26)19-39(51)47-24-34(49)21-36(47)41(53)45-32-13-9-30(10-14-32)38-23-44-43(55-38)31-11-15-33(16-12-31)46-42(54)37-22-35(50)25-48(37)40(52)20-29-8-4-6-27(2)18-29/h3-18,23,34-37,49-50H,19-22,24-25H2,1-2H3,(H,45,53)(H,46,54). The molecule has 0 aliphatic carbocycles. The minimum absolute atomic E-state index is 0.104. The summed E-state index contributed by atoms with van der Waals surface area (Å²) in [6, 6.07) is 27.8. The van der Waals surface area contributed by atoms with E-state index in [1.807, 2.05) is 62.4 Å². The van der Waals surface area contributed by atoms with Crippen LogP contribution in [0, 0.1) is 13.8 Å². The molecular weight excluding hydrogens is 699 g/mol. The quantitative estimate of drug-likeness (QED) is 0.157. The first kappa shape index (κ1) is 37.2. The highest BCUT2D eigenvalue weighted by atomic mass is 16.4. The molecular formula is C43H43N5O7. The summed E-state index contributed by atoms with van der Waals surface area (Å²) < 4.78 is 6.05. The number of aromatic nitrogens is 1. The maximum absolute atomic E-state index is 13.3. The second-order valence-electron chi connectivity index (χ2n) is 14.4. The van der Waals surface area contributed by atoms with Gasteiger partial charge >= 0.3 is 0 Å². The van der Waals surface area contributed by atoms with Crippen LogP contribution in [0.25, 0.3) is 22.8 Å². The molecule has 4 aromatic carbocycles. The van der Waals surface area contributed by atoms with Crippen molar-refractivity contribution in [3.05, 3.63) is 126 Å². The number of nitrogens with zero attached hydrogens (tertiary/aromatic N) is 3. The predicted molar refractivity (Wildman–Crippen MR) is 207 cm³/mol. The monoisotopic (exact) mass is 741 g/mol. The van der Waals surface area contributed by atoms with Crippen molar-refractivity contribution in [3.8, 4) is 22.8 Å². The average Bonchev–Trinajstić information content (AvgIpc) is 3.91. The molecule has 3 heterocycles. The second-order valence-corrected chi connectivity index (χ2v) is 14.4. The molecule has 4 amide bonds. The van der Waals surface area contributed by atoms with Crippen molar-refractivity contribution in [2.45, 2.75) is 63.8 Å². The van der Waals surface area contributed by atoms with E-state index in [1.54, 1.807) is 54.7 Å². The van der Waals surface area contributed by atoms with Gasteiger partial charge in [-0.15, -0.1) is 0 Å². The largest absolute Gasteiger partial charge is 0.436 e.